The van der Waals surface area contributed by atoms with E-state index in [4.69, 9.17) is 4.74 Å². The van der Waals surface area contributed by atoms with Gasteiger partial charge in [-0.15, -0.1) is 0 Å². The molecule has 0 bridgehead atoms. The molecule has 2 rings (SSSR count). The number of nitro groups is 1. The molecule has 0 saturated heterocycles. The van der Waals surface area contributed by atoms with Gasteiger partial charge >= 0.3 is 6.61 Å². The van der Waals surface area contributed by atoms with E-state index in [0.29, 0.717) is 5.69 Å². The number of nitro benzene ring substituents is 1. The first-order chi connectivity index (χ1) is 11.5. The SMILES string of the molecule is COc1cccc(/C=N\Nc2cccc([N+](=O)[O-])c2)c1OC(F)F. The predicted octanol–water partition coefficient (Wildman–Crippen LogP) is 3.65. The van der Waals surface area contributed by atoms with Crippen molar-refractivity contribution in [2.75, 3.05) is 12.5 Å². The van der Waals surface area contributed by atoms with Gasteiger partial charge in [0, 0.05) is 17.7 Å². The van der Waals surface area contributed by atoms with Crippen molar-refractivity contribution in [1.29, 1.82) is 0 Å². The molecule has 0 aliphatic rings. The van der Waals surface area contributed by atoms with Gasteiger partial charge in [-0.1, -0.05) is 12.1 Å². The third-order valence-corrected chi connectivity index (χ3v) is 2.89. The van der Waals surface area contributed by atoms with Crippen LogP contribution in [0.1, 0.15) is 5.56 Å². The fraction of sp³-hybridized carbons (Fsp3) is 0.133. The molecule has 2 aromatic rings. The van der Waals surface area contributed by atoms with Gasteiger partial charge in [-0.2, -0.15) is 13.9 Å². The smallest absolute Gasteiger partial charge is 0.387 e. The van der Waals surface area contributed by atoms with Crippen molar-refractivity contribution in [3.63, 3.8) is 0 Å². The molecule has 0 heterocycles. The number of non-ortho nitro benzene ring substituents is 1. The number of alkyl halides is 2. The van der Waals surface area contributed by atoms with Crippen LogP contribution in [-0.2, 0) is 0 Å². The van der Waals surface area contributed by atoms with Gasteiger partial charge in [0.15, 0.2) is 11.5 Å². The minimum absolute atomic E-state index is 0.0988. The Morgan fingerprint density at radius 3 is 2.71 bits per heavy atom. The fourth-order valence-electron chi connectivity index (χ4n) is 1.88. The number of para-hydroxylation sites is 1. The largest absolute Gasteiger partial charge is 0.493 e. The number of hydrazone groups is 1. The molecule has 0 atom stereocenters. The van der Waals surface area contributed by atoms with E-state index in [1.807, 2.05) is 0 Å². The molecule has 0 aromatic heterocycles. The van der Waals surface area contributed by atoms with Crippen molar-refractivity contribution < 1.29 is 23.2 Å². The number of halogens is 2. The van der Waals surface area contributed by atoms with Crippen LogP contribution in [0.2, 0.25) is 0 Å². The quantitative estimate of drug-likeness (QED) is 0.473. The van der Waals surface area contributed by atoms with Crippen LogP contribution in [0.15, 0.2) is 47.6 Å². The summed E-state index contributed by atoms with van der Waals surface area (Å²) in [6.07, 6.45) is 1.25. The molecule has 0 aliphatic carbocycles. The number of nitrogens with zero attached hydrogens (tertiary/aromatic N) is 2. The minimum atomic E-state index is -3.02. The Labute approximate surface area is 135 Å². The van der Waals surface area contributed by atoms with E-state index in [1.54, 1.807) is 12.1 Å². The summed E-state index contributed by atoms with van der Waals surface area (Å²) in [6, 6.07) is 10.3. The Balaban J connectivity index is 2.20. The molecule has 0 spiro atoms. The van der Waals surface area contributed by atoms with E-state index in [-0.39, 0.29) is 22.7 Å². The summed E-state index contributed by atoms with van der Waals surface area (Å²) in [7, 11) is 1.33. The zero-order valence-corrected chi connectivity index (χ0v) is 12.5. The zero-order chi connectivity index (χ0) is 17.5. The van der Waals surface area contributed by atoms with Crippen molar-refractivity contribution in [3.05, 3.63) is 58.1 Å². The maximum atomic E-state index is 12.5. The highest BCUT2D eigenvalue weighted by atomic mass is 19.3. The fourth-order valence-corrected chi connectivity index (χ4v) is 1.88. The van der Waals surface area contributed by atoms with Gasteiger partial charge in [0.2, 0.25) is 0 Å². The normalized spacial score (nSPS) is 10.8. The van der Waals surface area contributed by atoms with Gasteiger partial charge in [0.1, 0.15) is 0 Å². The number of anilines is 1. The monoisotopic (exact) mass is 337 g/mol. The van der Waals surface area contributed by atoms with E-state index >= 15 is 0 Å². The van der Waals surface area contributed by atoms with Crippen molar-refractivity contribution in [2.45, 2.75) is 6.61 Å². The van der Waals surface area contributed by atoms with Crippen molar-refractivity contribution in [2.24, 2.45) is 5.10 Å². The lowest BCUT2D eigenvalue weighted by atomic mass is 10.2. The lowest BCUT2D eigenvalue weighted by Gasteiger charge is -2.12. The van der Waals surface area contributed by atoms with Gasteiger partial charge in [-0.25, -0.2) is 0 Å². The lowest BCUT2D eigenvalue weighted by molar-refractivity contribution is -0.384. The van der Waals surface area contributed by atoms with Crippen molar-refractivity contribution in [1.82, 2.24) is 0 Å². The summed E-state index contributed by atoms with van der Waals surface area (Å²) in [5, 5.41) is 14.6. The van der Waals surface area contributed by atoms with Gasteiger partial charge in [-0.3, -0.25) is 15.5 Å². The average molecular weight is 337 g/mol. The summed E-state index contributed by atoms with van der Waals surface area (Å²) in [5.74, 6) is -0.0193. The van der Waals surface area contributed by atoms with Crippen LogP contribution in [0.3, 0.4) is 0 Å². The molecule has 24 heavy (non-hydrogen) atoms. The van der Waals surface area contributed by atoms with Gasteiger partial charge in [-0.05, 0) is 18.2 Å². The summed E-state index contributed by atoms with van der Waals surface area (Å²) < 4.78 is 34.5. The molecule has 7 nitrogen and oxygen atoms in total. The Morgan fingerprint density at radius 2 is 2.04 bits per heavy atom. The number of methoxy groups -OCH3 is 1. The van der Waals surface area contributed by atoms with Crippen LogP contribution in [0.25, 0.3) is 0 Å². The maximum Gasteiger partial charge on any atom is 0.387 e. The Bertz CT molecular complexity index is 753. The lowest BCUT2D eigenvalue weighted by Crippen LogP contribution is -2.06. The number of nitrogens with one attached hydrogen (secondary N) is 1. The summed E-state index contributed by atoms with van der Waals surface area (Å²) in [6.45, 7) is -3.02. The van der Waals surface area contributed by atoms with Crippen LogP contribution < -0.4 is 14.9 Å². The average Bonchev–Trinajstić information content (AvgIpc) is 2.56. The van der Waals surface area contributed by atoms with Crippen LogP contribution >= 0.6 is 0 Å². The Kier molecular flexibility index (Phi) is 5.61. The highest BCUT2D eigenvalue weighted by Gasteiger charge is 2.14. The molecule has 0 radical (unpaired) electrons. The first-order valence-electron chi connectivity index (χ1n) is 6.66. The van der Waals surface area contributed by atoms with E-state index < -0.39 is 11.5 Å². The third kappa shape index (κ3) is 4.38. The molecular weight excluding hydrogens is 324 g/mol. The Morgan fingerprint density at radius 1 is 1.29 bits per heavy atom. The van der Waals surface area contributed by atoms with Gasteiger partial charge in [0.25, 0.3) is 5.69 Å². The second kappa shape index (κ2) is 7.86. The molecule has 1 N–H and O–H groups in total. The Hall–Kier alpha value is -3.23. The molecule has 0 unspecified atom stereocenters. The molecule has 9 heteroatoms. The first-order valence-corrected chi connectivity index (χ1v) is 6.66. The molecule has 2 aromatic carbocycles. The molecule has 0 fully saturated rings. The summed E-state index contributed by atoms with van der Waals surface area (Å²) in [5.41, 5.74) is 3.12. The van der Waals surface area contributed by atoms with E-state index in [1.165, 1.54) is 43.7 Å². The van der Waals surface area contributed by atoms with E-state index in [2.05, 4.69) is 15.3 Å². The molecule has 0 saturated carbocycles. The standard InChI is InChI=1S/C15H13F2N3O4/c1-23-13-7-2-4-10(14(13)24-15(16)17)9-18-19-11-5-3-6-12(8-11)20(21)22/h2-9,15,19H,1H3/b18-9-. The maximum absolute atomic E-state index is 12.5. The molecular formula is C15H13F2N3O4. The minimum Gasteiger partial charge on any atom is -0.493 e. The summed E-state index contributed by atoms with van der Waals surface area (Å²) in [4.78, 5) is 10.2. The number of hydrogen-bond donors (Lipinski definition) is 1. The van der Waals surface area contributed by atoms with Gasteiger partial charge < -0.3 is 9.47 Å². The second-order valence-electron chi connectivity index (χ2n) is 4.43. The van der Waals surface area contributed by atoms with E-state index in [9.17, 15) is 18.9 Å². The molecule has 0 aliphatic heterocycles. The zero-order valence-electron chi connectivity index (χ0n) is 12.5. The molecule has 126 valence electrons. The van der Waals surface area contributed by atoms with Crippen molar-refractivity contribution in [3.8, 4) is 11.5 Å². The topological polar surface area (TPSA) is 86.0 Å². The number of rotatable bonds is 7. The highest BCUT2D eigenvalue weighted by molar-refractivity contribution is 5.85. The third-order valence-electron chi connectivity index (χ3n) is 2.89. The van der Waals surface area contributed by atoms with Crippen LogP contribution in [0, 0.1) is 10.1 Å². The van der Waals surface area contributed by atoms with Crippen LogP contribution in [0.4, 0.5) is 20.2 Å². The highest BCUT2D eigenvalue weighted by Crippen LogP contribution is 2.31. The van der Waals surface area contributed by atoms with Crippen LogP contribution in [-0.4, -0.2) is 24.9 Å². The number of benzene rings is 2. The van der Waals surface area contributed by atoms with Crippen molar-refractivity contribution >= 4 is 17.6 Å². The first kappa shape index (κ1) is 17.1. The second-order valence-corrected chi connectivity index (χ2v) is 4.43. The van der Waals surface area contributed by atoms with Gasteiger partial charge in [0.05, 0.1) is 23.9 Å². The van der Waals surface area contributed by atoms with Crippen LogP contribution in [0.5, 0.6) is 11.5 Å². The summed E-state index contributed by atoms with van der Waals surface area (Å²) >= 11 is 0. The number of hydrogen-bond acceptors (Lipinski definition) is 6. The van der Waals surface area contributed by atoms with E-state index in [0.717, 1.165) is 0 Å². The predicted molar refractivity (Wildman–Crippen MR) is 83.9 cm³/mol. The number of ether oxygens (including phenoxy) is 2. The molecule has 0 amide bonds.